The van der Waals surface area contributed by atoms with E-state index in [4.69, 9.17) is 0 Å². The fraction of sp³-hybridized carbons (Fsp3) is 0.250. The van der Waals surface area contributed by atoms with Gasteiger partial charge >= 0.3 is 0 Å². The Kier molecular flexibility index (Phi) is 3.40. The summed E-state index contributed by atoms with van der Waals surface area (Å²) in [6.45, 7) is 4.57. The Labute approximate surface area is 121 Å². The van der Waals surface area contributed by atoms with E-state index < -0.39 is 0 Å². The van der Waals surface area contributed by atoms with Gasteiger partial charge in [-0.1, -0.05) is 37.3 Å². The summed E-state index contributed by atoms with van der Waals surface area (Å²) in [5, 5.41) is 0.744. The van der Waals surface area contributed by atoms with E-state index in [-0.39, 0.29) is 5.56 Å². The summed E-state index contributed by atoms with van der Waals surface area (Å²) in [6.07, 6.45) is 0.943. The van der Waals surface area contributed by atoms with Gasteiger partial charge in [0.25, 0.3) is 5.56 Å². The number of rotatable bonds is 3. The summed E-state index contributed by atoms with van der Waals surface area (Å²) >= 11 is 1.62. The van der Waals surface area contributed by atoms with Crippen LogP contribution in [0.1, 0.15) is 23.2 Å². The maximum Gasteiger partial charge on any atom is 0.262 e. The molecule has 0 aliphatic rings. The molecule has 1 aromatic carbocycles. The Morgan fingerprint density at radius 2 is 2.00 bits per heavy atom. The van der Waals surface area contributed by atoms with Crippen molar-refractivity contribution >= 4 is 21.6 Å². The highest BCUT2D eigenvalue weighted by molar-refractivity contribution is 7.18. The Morgan fingerprint density at radius 1 is 1.25 bits per heavy atom. The van der Waals surface area contributed by atoms with Crippen molar-refractivity contribution in [3.05, 3.63) is 63.0 Å². The van der Waals surface area contributed by atoms with E-state index in [1.807, 2.05) is 43.3 Å². The first-order valence-electron chi connectivity index (χ1n) is 6.73. The number of hydrogen-bond acceptors (Lipinski definition) is 3. The van der Waals surface area contributed by atoms with Crippen LogP contribution in [0.25, 0.3) is 10.2 Å². The smallest absolute Gasteiger partial charge is 0.262 e. The second-order valence-electron chi connectivity index (χ2n) is 4.82. The average Bonchev–Trinajstić information content (AvgIpc) is 2.88. The van der Waals surface area contributed by atoms with Crippen LogP contribution in [0.5, 0.6) is 0 Å². The molecule has 0 saturated carbocycles. The number of fused-ring (bicyclic) bond motifs is 1. The molecular formula is C16H16N2OS. The molecule has 20 heavy (non-hydrogen) atoms. The molecule has 2 heterocycles. The number of aromatic nitrogens is 2. The summed E-state index contributed by atoms with van der Waals surface area (Å²) in [6, 6.07) is 12.0. The van der Waals surface area contributed by atoms with Crippen molar-refractivity contribution in [3.63, 3.8) is 0 Å². The van der Waals surface area contributed by atoms with E-state index in [1.54, 1.807) is 15.9 Å². The van der Waals surface area contributed by atoms with Gasteiger partial charge in [0.2, 0.25) is 0 Å². The minimum atomic E-state index is 0.0623. The second-order valence-corrected chi connectivity index (χ2v) is 5.94. The monoisotopic (exact) mass is 284 g/mol. The molecule has 0 spiro atoms. The molecule has 0 aliphatic heterocycles. The van der Waals surface area contributed by atoms with E-state index in [0.717, 1.165) is 28.0 Å². The Balaban J connectivity index is 2.13. The Morgan fingerprint density at radius 3 is 2.70 bits per heavy atom. The first-order valence-corrected chi connectivity index (χ1v) is 7.54. The fourth-order valence-electron chi connectivity index (χ4n) is 2.29. The molecule has 3 aromatic rings. The van der Waals surface area contributed by atoms with Gasteiger partial charge in [-0.3, -0.25) is 9.36 Å². The first kappa shape index (κ1) is 13.1. The highest BCUT2D eigenvalue weighted by Crippen LogP contribution is 2.22. The third-order valence-corrected chi connectivity index (χ3v) is 4.60. The van der Waals surface area contributed by atoms with Gasteiger partial charge in [-0.25, -0.2) is 4.98 Å². The quantitative estimate of drug-likeness (QED) is 0.739. The lowest BCUT2D eigenvalue weighted by molar-refractivity contribution is 0.714. The Hall–Kier alpha value is -1.94. The van der Waals surface area contributed by atoms with Crippen molar-refractivity contribution in [2.24, 2.45) is 0 Å². The third kappa shape index (κ3) is 2.27. The first-order chi connectivity index (χ1) is 9.69. The zero-order chi connectivity index (χ0) is 14.1. The molecule has 0 bridgehead atoms. The van der Waals surface area contributed by atoms with Crippen molar-refractivity contribution in [1.82, 2.24) is 9.55 Å². The lowest BCUT2D eigenvalue weighted by Crippen LogP contribution is -2.23. The second kappa shape index (κ2) is 5.21. The van der Waals surface area contributed by atoms with Gasteiger partial charge in [0.05, 0.1) is 11.9 Å². The van der Waals surface area contributed by atoms with Gasteiger partial charge in [-0.15, -0.1) is 11.3 Å². The molecule has 102 valence electrons. The van der Waals surface area contributed by atoms with Gasteiger partial charge < -0.3 is 0 Å². The lowest BCUT2D eigenvalue weighted by Gasteiger charge is -2.09. The van der Waals surface area contributed by atoms with Crippen LogP contribution in [-0.4, -0.2) is 9.55 Å². The van der Waals surface area contributed by atoms with Crippen molar-refractivity contribution < 1.29 is 0 Å². The van der Waals surface area contributed by atoms with Crippen LogP contribution in [0, 0.1) is 6.92 Å². The van der Waals surface area contributed by atoms with Gasteiger partial charge in [-0.05, 0) is 25.0 Å². The van der Waals surface area contributed by atoms with E-state index in [9.17, 15) is 4.79 Å². The zero-order valence-electron chi connectivity index (χ0n) is 11.6. The zero-order valence-corrected chi connectivity index (χ0v) is 12.4. The van der Waals surface area contributed by atoms with Gasteiger partial charge in [0, 0.05) is 4.88 Å². The summed E-state index contributed by atoms with van der Waals surface area (Å²) in [4.78, 5) is 19.3. The summed E-state index contributed by atoms with van der Waals surface area (Å²) in [5.41, 5.74) is 1.18. The third-order valence-electron chi connectivity index (χ3n) is 3.43. The van der Waals surface area contributed by atoms with E-state index >= 15 is 0 Å². The maximum atomic E-state index is 12.6. The van der Waals surface area contributed by atoms with Crippen LogP contribution in [0.15, 0.2) is 41.2 Å². The molecule has 0 unspecified atom stereocenters. The minimum absolute atomic E-state index is 0.0623. The normalized spacial score (nSPS) is 11.1. The van der Waals surface area contributed by atoms with Crippen LogP contribution < -0.4 is 5.56 Å². The molecular weight excluding hydrogens is 268 g/mol. The summed E-state index contributed by atoms with van der Waals surface area (Å²) in [7, 11) is 0. The number of benzene rings is 1. The number of hydrogen-bond donors (Lipinski definition) is 0. The summed E-state index contributed by atoms with van der Waals surface area (Å²) in [5.74, 6) is 0.774. The van der Waals surface area contributed by atoms with Crippen LogP contribution >= 0.6 is 11.3 Å². The predicted octanol–water partition coefficient (Wildman–Crippen LogP) is 3.38. The summed E-state index contributed by atoms with van der Waals surface area (Å²) < 4.78 is 1.75. The van der Waals surface area contributed by atoms with Crippen LogP contribution in [0.3, 0.4) is 0 Å². The van der Waals surface area contributed by atoms with Gasteiger partial charge in [0.15, 0.2) is 0 Å². The molecule has 4 heteroatoms. The molecule has 0 N–H and O–H groups in total. The lowest BCUT2D eigenvalue weighted by atomic mass is 10.2. The molecule has 0 aliphatic carbocycles. The topological polar surface area (TPSA) is 34.9 Å². The molecule has 0 amide bonds. The van der Waals surface area contributed by atoms with Crippen molar-refractivity contribution in [2.75, 3.05) is 0 Å². The average molecular weight is 284 g/mol. The van der Waals surface area contributed by atoms with Crippen molar-refractivity contribution in [3.8, 4) is 0 Å². The van der Waals surface area contributed by atoms with Gasteiger partial charge in [0.1, 0.15) is 10.7 Å². The number of aryl methyl sites for hydroxylation is 2. The molecule has 0 radical (unpaired) electrons. The SMILES string of the molecule is CCc1cc2c(=O)n(Cc3ccccc3)c(C)nc2s1. The highest BCUT2D eigenvalue weighted by atomic mass is 32.1. The minimum Gasteiger partial charge on any atom is -0.292 e. The van der Waals surface area contributed by atoms with Gasteiger partial charge in [-0.2, -0.15) is 0 Å². The fourth-order valence-corrected chi connectivity index (χ4v) is 3.30. The molecule has 2 aromatic heterocycles. The molecule has 3 nitrogen and oxygen atoms in total. The maximum absolute atomic E-state index is 12.6. The largest absolute Gasteiger partial charge is 0.292 e. The number of thiophene rings is 1. The van der Waals surface area contributed by atoms with Crippen molar-refractivity contribution in [2.45, 2.75) is 26.8 Å². The van der Waals surface area contributed by atoms with Crippen molar-refractivity contribution in [1.29, 1.82) is 0 Å². The Bertz CT molecular complexity index is 802. The van der Waals surface area contributed by atoms with E-state index in [0.29, 0.717) is 6.54 Å². The van der Waals surface area contributed by atoms with E-state index in [2.05, 4.69) is 11.9 Å². The highest BCUT2D eigenvalue weighted by Gasteiger charge is 2.11. The number of nitrogens with zero attached hydrogens (tertiary/aromatic N) is 2. The van der Waals surface area contributed by atoms with Crippen LogP contribution in [0.2, 0.25) is 0 Å². The predicted molar refractivity (Wildman–Crippen MR) is 83.5 cm³/mol. The standard InChI is InChI=1S/C16H16N2OS/c1-3-13-9-14-15(20-13)17-11(2)18(16(14)19)10-12-7-5-4-6-8-12/h4-9H,3,10H2,1-2H3. The molecule has 0 atom stereocenters. The molecule has 0 saturated heterocycles. The molecule has 3 rings (SSSR count). The van der Waals surface area contributed by atoms with E-state index in [1.165, 1.54) is 4.88 Å². The molecule has 0 fully saturated rings. The van der Waals surface area contributed by atoms with Crippen LogP contribution in [0.4, 0.5) is 0 Å². The van der Waals surface area contributed by atoms with Crippen LogP contribution in [-0.2, 0) is 13.0 Å².